The van der Waals surface area contributed by atoms with Gasteiger partial charge in [0.15, 0.2) is 0 Å². The minimum Gasteiger partial charge on any atom is -0.388 e. The van der Waals surface area contributed by atoms with Crippen molar-refractivity contribution in [3.05, 3.63) is 18.2 Å². The molecule has 0 saturated carbocycles. The number of imidazole rings is 1. The van der Waals surface area contributed by atoms with Gasteiger partial charge in [-0.25, -0.2) is 4.98 Å². The zero-order valence-electron chi connectivity index (χ0n) is 10.7. The Morgan fingerprint density at radius 2 is 2.47 bits per heavy atom. The van der Waals surface area contributed by atoms with E-state index in [1.165, 1.54) is 5.75 Å². The van der Waals surface area contributed by atoms with Crippen LogP contribution >= 0.6 is 11.8 Å². The highest BCUT2D eigenvalue weighted by molar-refractivity contribution is 8.00. The summed E-state index contributed by atoms with van der Waals surface area (Å²) in [5, 5.41) is 11.0. The van der Waals surface area contributed by atoms with Gasteiger partial charge >= 0.3 is 0 Å². The van der Waals surface area contributed by atoms with Gasteiger partial charge in [-0.3, -0.25) is 0 Å². The Balaban J connectivity index is 2.10. The fourth-order valence-electron chi connectivity index (χ4n) is 2.45. The maximum Gasteiger partial charge on any atom is 0.111 e. The van der Waals surface area contributed by atoms with E-state index in [4.69, 9.17) is 0 Å². The summed E-state index contributed by atoms with van der Waals surface area (Å²) in [6.07, 6.45) is 7.66. The fourth-order valence-corrected chi connectivity index (χ4v) is 3.63. The third kappa shape index (κ3) is 2.86. The molecule has 2 unspecified atom stereocenters. The average Bonchev–Trinajstić information content (AvgIpc) is 2.71. The predicted molar refractivity (Wildman–Crippen MR) is 72.3 cm³/mol. The highest BCUT2D eigenvalue weighted by atomic mass is 32.2. The summed E-state index contributed by atoms with van der Waals surface area (Å²) in [7, 11) is 0. The second-order valence-corrected chi connectivity index (χ2v) is 6.38. The lowest BCUT2D eigenvalue weighted by Crippen LogP contribution is -2.44. The summed E-state index contributed by atoms with van der Waals surface area (Å²) < 4.78 is 2.17. The van der Waals surface area contributed by atoms with Gasteiger partial charge in [-0.2, -0.15) is 11.8 Å². The summed E-state index contributed by atoms with van der Waals surface area (Å²) >= 11 is 1.88. The van der Waals surface area contributed by atoms with Crippen molar-refractivity contribution in [2.45, 2.75) is 56.9 Å². The van der Waals surface area contributed by atoms with Crippen LogP contribution in [0.2, 0.25) is 0 Å². The van der Waals surface area contributed by atoms with E-state index in [-0.39, 0.29) is 0 Å². The molecule has 0 amide bonds. The van der Waals surface area contributed by atoms with Gasteiger partial charge in [-0.15, -0.1) is 0 Å². The topological polar surface area (TPSA) is 38.0 Å². The largest absolute Gasteiger partial charge is 0.388 e. The second-order valence-electron chi connectivity index (χ2n) is 4.93. The molecule has 96 valence electrons. The molecule has 3 nitrogen and oxygen atoms in total. The number of aryl methyl sites for hydroxylation is 1. The number of rotatable bonds is 4. The molecule has 2 heterocycles. The van der Waals surface area contributed by atoms with Crippen molar-refractivity contribution < 1.29 is 5.11 Å². The quantitative estimate of drug-likeness (QED) is 0.897. The molecule has 2 rings (SSSR count). The number of nitrogens with zero attached hydrogens (tertiary/aromatic N) is 2. The zero-order chi connectivity index (χ0) is 12.3. The van der Waals surface area contributed by atoms with Crippen LogP contribution in [0.5, 0.6) is 0 Å². The molecule has 1 aromatic heterocycles. The molecule has 1 aliphatic rings. The van der Waals surface area contributed by atoms with Crippen molar-refractivity contribution in [2.24, 2.45) is 0 Å². The second kappa shape index (κ2) is 5.44. The Kier molecular flexibility index (Phi) is 4.15. The minimum absolute atomic E-state index is 0.308. The number of aromatic nitrogens is 2. The molecule has 4 heteroatoms. The van der Waals surface area contributed by atoms with Crippen molar-refractivity contribution in [1.29, 1.82) is 0 Å². The van der Waals surface area contributed by atoms with Crippen LogP contribution in [0, 0.1) is 0 Å². The zero-order valence-corrected chi connectivity index (χ0v) is 11.5. The molecular weight excluding hydrogens is 232 g/mol. The molecule has 17 heavy (non-hydrogen) atoms. The molecule has 2 atom stereocenters. The first kappa shape index (κ1) is 13.0. The predicted octanol–water partition coefficient (Wildman–Crippen LogP) is 2.48. The third-order valence-electron chi connectivity index (χ3n) is 3.61. The normalized spacial score (nSPS) is 29.5. The molecule has 0 radical (unpaired) electrons. The first-order chi connectivity index (χ1) is 8.15. The highest BCUT2D eigenvalue weighted by Gasteiger charge is 2.37. The molecule has 1 aliphatic heterocycles. The van der Waals surface area contributed by atoms with Crippen LogP contribution in [-0.4, -0.2) is 31.3 Å². The molecule has 1 fully saturated rings. The van der Waals surface area contributed by atoms with Gasteiger partial charge in [0.25, 0.3) is 0 Å². The molecule has 1 N–H and O–H groups in total. The van der Waals surface area contributed by atoms with E-state index in [1.54, 1.807) is 0 Å². The van der Waals surface area contributed by atoms with Crippen molar-refractivity contribution in [2.75, 3.05) is 5.75 Å². The van der Waals surface area contributed by atoms with Crippen LogP contribution in [0.4, 0.5) is 0 Å². The van der Waals surface area contributed by atoms with Gasteiger partial charge < -0.3 is 9.67 Å². The van der Waals surface area contributed by atoms with E-state index >= 15 is 0 Å². The smallest absolute Gasteiger partial charge is 0.111 e. The lowest BCUT2D eigenvalue weighted by atomic mass is 9.90. The molecule has 1 aromatic rings. The summed E-state index contributed by atoms with van der Waals surface area (Å²) in [5.41, 5.74) is -0.570. The molecule has 0 aliphatic carbocycles. The molecule has 1 saturated heterocycles. The van der Waals surface area contributed by atoms with Crippen molar-refractivity contribution in [3.8, 4) is 0 Å². The monoisotopic (exact) mass is 254 g/mol. The summed E-state index contributed by atoms with van der Waals surface area (Å²) in [5.74, 6) is 2.20. The SMILES string of the molecule is CCCn1ccnc1CC1(O)CCCSC1C. The van der Waals surface area contributed by atoms with Crippen molar-refractivity contribution in [1.82, 2.24) is 9.55 Å². The van der Waals surface area contributed by atoms with Gasteiger partial charge in [-0.1, -0.05) is 13.8 Å². The first-order valence-corrected chi connectivity index (χ1v) is 7.54. The van der Waals surface area contributed by atoms with Crippen LogP contribution in [0.15, 0.2) is 12.4 Å². The summed E-state index contributed by atoms with van der Waals surface area (Å²) in [6.45, 7) is 5.29. The third-order valence-corrected chi connectivity index (χ3v) is 5.07. The molecular formula is C13H22N2OS. The lowest BCUT2D eigenvalue weighted by molar-refractivity contribution is 0.0271. The van der Waals surface area contributed by atoms with E-state index in [9.17, 15) is 5.11 Å². The standard InChI is InChI=1S/C13H22N2OS/c1-3-7-15-8-6-14-12(15)10-13(16)5-4-9-17-11(13)2/h6,8,11,16H,3-5,7,9-10H2,1-2H3. The van der Waals surface area contributed by atoms with Crippen LogP contribution in [-0.2, 0) is 13.0 Å². The number of hydrogen-bond donors (Lipinski definition) is 1. The van der Waals surface area contributed by atoms with Crippen molar-refractivity contribution in [3.63, 3.8) is 0 Å². The maximum absolute atomic E-state index is 10.7. The molecule has 0 aromatic carbocycles. The van der Waals surface area contributed by atoms with E-state index in [0.717, 1.165) is 31.6 Å². The van der Waals surface area contributed by atoms with Gasteiger partial charge in [0, 0.05) is 30.6 Å². The van der Waals surface area contributed by atoms with Crippen LogP contribution in [0.25, 0.3) is 0 Å². The number of thioether (sulfide) groups is 1. The number of hydrogen-bond acceptors (Lipinski definition) is 3. The van der Waals surface area contributed by atoms with Gasteiger partial charge in [0.1, 0.15) is 5.82 Å². The van der Waals surface area contributed by atoms with Gasteiger partial charge in [0.05, 0.1) is 5.60 Å². The van der Waals surface area contributed by atoms with E-state index < -0.39 is 5.60 Å². The maximum atomic E-state index is 10.7. The highest BCUT2D eigenvalue weighted by Crippen LogP contribution is 2.36. The van der Waals surface area contributed by atoms with Crippen LogP contribution < -0.4 is 0 Å². The van der Waals surface area contributed by atoms with Gasteiger partial charge in [-0.05, 0) is 25.0 Å². The Hall–Kier alpha value is -0.480. The van der Waals surface area contributed by atoms with Crippen LogP contribution in [0.1, 0.15) is 38.9 Å². The van der Waals surface area contributed by atoms with Gasteiger partial charge in [0.2, 0.25) is 0 Å². The summed E-state index contributed by atoms with van der Waals surface area (Å²) in [6, 6.07) is 0. The van der Waals surface area contributed by atoms with E-state index in [1.807, 2.05) is 24.2 Å². The minimum atomic E-state index is -0.570. The average molecular weight is 254 g/mol. The Labute approximate surface area is 108 Å². The van der Waals surface area contributed by atoms with Crippen LogP contribution in [0.3, 0.4) is 0 Å². The fraction of sp³-hybridized carbons (Fsp3) is 0.769. The lowest BCUT2D eigenvalue weighted by Gasteiger charge is -2.37. The molecule has 0 spiro atoms. The Morgan fingerprint density at radius 1 is 1.65 bits per heavy atom. The Bertz CT molecular complexity index is 366. The van der Waals surface area contributed by atoms with E-state index in [0.29, 0.717) is 11.7 Å². The summed E-state index contributed by atoms with van der Waals surface area (Å²) in [4.78, 5) is 4.40. The van der Waals surface area contributed by atoms with E-state index in [2.05, 4.69) is 23.4 Å². The van der Waals surface area contributed by atoms with Crippen molar-refractivity contribution >= 4 is 11.8 Å². The Morgan fingerprint density at radius 3 is 3.18 bits per heavy atom. The first-order valence-electron chi connectivity index (χ1n) is 6.49. The number of aliphatic hydroxyl groups is 1. The molecule has 0 bridgehead atoms.